The highest BCUT2D eigenvalue weighted by molar-refractivity contribution is 9.10. The second-order valence-corrected chi connectivity index (χ2v) is 5.71. The number of rotatable bonds is 7. The van der Waals surface area contributed by atoms with Crippen LogP contribution in [0.5, 0.6) is 0 Å². The molecule has 2 nitrogen and oxygen atoms in total. The Morgan fingerprint density at radius 2 is 1.88 bits per heavy atom. The first-order chi connectivity index (χ1) is 8.08. The molecule has 0 saturated carbocycles. The van der Waals surface area contributed by atoms with Gasteiger partial charge in [-0.3, -0.25) is 0 Å². The summed E-state index contributed by atoms with van der Waals surface area (Å²) in [6.07, 6.45) is 3.42. The van der Waals surface area contributed by atoms with Crippen molar-refractivity contribution >= 4 is 15.9 Å². The average molecular weight is 299 g/mol. The van der Waals surface area contributed by atoms with Crippen LogP contribution in [0.3, 0.4) is 0 Å². The van der Waals surface area contributed by atoms with E-state index in [9.17, 15) is 0 Å². The molecule has 0 aliphatic heterocycles. The van der Waals surface area contributed by atoms with E-state index in [1.807, 2.05) is 0 Å². The van der Waals surface area contributed by atoms with E-state index in [0.29, 0.717) is 6.04 Å². The zero-order valence-corrected chi connectivity index (χ0v) is 12.4. The van der Waals surface area contributed by atoms with Gasteiger partial charge in [0.15, 0.2) is 0 Å². The summed E-state index contributed by atoms with van der Waals surface area (Å²) in [6, 6.07) is 8.89. The van der Waals surface area contributed by atoms with E-state index in [0.717, 1.165) is 30.4 Å². The van der Waals surface area contributed by atoms with Crippen molar-refractivity contribution in [2.45, 2.75) is 32.2 Å². The second-order valence-electron chi connectivity index (χ2n) is 4.80. The highest BCUT2D eigenvalue weighted by Crippen LogP contribution is 2.11. The molecule has 1 aromatic rings. The largest absolute Gasteiger partial charge is 0.328 e. The third-order valence-corrected chi connectivity index (χ3v) is 3.42. The third kappa shape index (κ3) is 6.81. The van der Waals surface area contributed by atoms with Crippen molar-refractivity contribution in [2.24, 2.45) is 5.73 Å². The summed E-state index contributed by atoms with van der Waals surface area (Å²) in [7, 11) is 2.18. The van der Waals surface area contributed by atoms with E-state index in [-0.39, 0.29) is 0 Å². The van der Waals surface area contributed by atoms with Crippen LogP contribution in [0.1, 0.15) is 25.3 Å². The molecule has 2 N–H and O–H groups in total. The smallest absolute Gasteiger partial charge is 0.0175 e. The van der Waals surface area contributed by atoms with Crippen molar-refractivity contribution in [3.8, 4) is 0 Å². The first-order valence-corrected chi connectivity index (χ1v) is 7.06. The molecule has 0 heterocycles. The van der Waals surface area contributed by atoms with Gasteiger partial charge in [-0.25, -0.2) is 0 Å². The number of hydrogen-bond donors (Lipinski definition) is 1. The number of nitrogens with zero attached hydrogens (tertiary/aromatic N) is 1. The molecule has 0 amide bonds. The fourth-order valence-electron chi connectivity index (χ4n) is 1.77. The van der Waals surface area contributed by atoms with Gasteiger partial charge < -0.3 is 10.6 Å². The molecule has 1 atom stereocenters. The van der Waals surface area contributed by atoms with Crippen LogP contribution in [0.15, 0.2) is 28.7 Å². The SMILES string of the molecule is CC(N)CCCN(C)CCc1ccc(Br)cc1. The Bertz CT molecular complexity index is 309. The van der Waals surface area contributed by atoms with E-state index in [1.165, 1.54) is 12.0 Å². The van der Waals surface area contributed by atoms with Crippen molar-refractivity contribution in [3.63, 3.8) is 0 Å². The van der Waals surface area contributed by atoms with Crippen LogP contribution in [0, 0.1) is 0 Å². The Balaban J connectivity index is 2.19. The molecule has 0 aromatic heterocycles. The van der Waals surface area contributed by atoms with Gasteiger partial charge >= 0.3 is 0 Å². The second kappa shape index (κ2) is 7.85. The summed E-state index contributed by atoms with van der Waals surface area (Å²) in [5, 5.41) is 0. The molecule has 0 saturated heterocycles. The molecule has 0 fully saturated rings. The number of likely N-dealkylation sites (N-methyl/N-ethyl adjacent to an activating group) is 1. The molecule has 1 unspecified atom stereocenters. The maximum absolute atomic E-state index is 5.73. The number of hydrogen-bond acceptors (Lipinski definition) is 2. The Kier molecular flexibility index (Phi) is 6.78. The summed E-state index contributed by atoms with van der Waals surface area (Å²) in [6.45, 7) is 4.32. The number of halogens is 1. The molecular formula is C14H23BrN2. The van der Waals surface area contributed by atoms with Gasteiger partial charge in [-0.2, -0.15) is 0 Å². The molecular weight excluding hydrogens is 276 g/mol. The maximum atomic E-state index is 5.73. The highest BCUT2D eigenvalue weighted by Gasteiger charge is 2.01. The molecule has 0 spiro atoms. The minimum absolute atomic E-state index is 0.329. The monoisotopic (exact) mass is 298 g/mol. The Labute approximate surface area is 113 Å². The van der Waals surface area contributed by atoms with E-state index in [1.54, 1.807) is 0 Å². The predicted molar refractivity (Wildman–Crippen MR) is 78.2 cm³/mol. The van der Waals surface area contributed by atoms with Gasteiger partial charge in [0.25, 0.3) is 0 Å². The molecule has 0 bridgehead atoms. The average Bonchev–Trinajstić information content (AvgIpc) is 2.28. The molecule has 96 valence electrons. The van der Waals surface area contributed by atoms with Gasteiger partial charge in [-0.15, -0.1) is 0 Å². The first kappa shape index (κ1) is 14.7. The van der Waals surface area contributed by atoms with Crippen molar-refractivity contribution in [2.75, 3.05) is 20.1 Å². The fourth-order valence-corrected chi connectivity index (χ4v) is 2.03. The van der Waals surface area contributed by atoms with Crippen LogP contribution in [-0.4, -0.2) is 31.1 Å². The molecule has 0 aliphatic carbocycles. The third-order valence-electron chi connectivity index (χ3n) is 2.89. The van der Waals surface area contributed by atoms with Gasteiger partial charge in [-0.1, -0.05) is 28.1 Å². The Morgan fingerprint density at radius 3 is 2.47 bits per heavy atom. The summed E-state index contributed by atoms with van der Waals surface area (Å²) >= 11 is 3.45. The lowest BCUT2D eigenvalue weighted by atomic mass is 10.1. The lowest BCUT2D eigenvalue weighted by Crippen LogP contribution is -2.24. The van der Waals surface area contributed by atoms with Crippen LogP contribution in [-0.2, 0) is 6.42 Å². The van der Waals surface area contributed by atoms with Gasteiger partial charge in [-0.05, 0) is 57.5 Å². The van der Waals surface area contributed by atoms with Gasteiger partial charge in [0.2, 0.25) is 0 Å². The molecule has 17 heavy (non-hydrogen) atoms. The number of nitrogens with two attached hydrogens (primary N) is 1. The first-order valence-electron chi connectivity index (χ1n) is 6.26. The topological polar surface area (TPSA) is 29.3 Å². The molecule has 1 rings (SSSR count). The quantitative estimate of drug-likeness (QED) is 0.838. The number of benzene rings is 1. The van der Waals surface area contributed by atoms with Crippen molar-refractivity contribution in [1.29, 1.82) is 0 Å². The minimum atomic E-state index is 0.329. The Hall–Kier alpha value is -0.380. The molecule has 3 heteroatoms. The highest BCUT2D eigenvalue weighted by atomic mass is 79.9. The predicted octanol–water partition coefficient (Wildman–Crippen LogP) is 3.05. The van der Waals surface area contributed by atoms with Crippen molar-refractivity contribution in [1.82, 2.24) is 4.90 Å². The van der Waals surface area contributed by atoms with E-state index in [2.05, 4.69) is 59.1 Å². The summed E-state index contributed by atoms with van der Waals surface area (Å²) in [4.78, 5) is 2.38. The van der Waals surface area contributed by atoms with Gasteiger partial charge in [0, 0.05) is 17.1 Å². The molecule has 1 aromatic carbocycles. The summed E-state index contributed by atoms with van der Waals surface area (Å²) < 4.78 is 1.14. The Morgan fingerprint density at radius 1 is 1.24 bits per heavy atom. The standard InChI is InChI=1S/C14H23BrN2/c1-12(16)4-3-10-17(2)11-9-13-5-7-14(15)8-6-13/h5-8,12H,3-4,9-11,16H2,1-2H3. The maximum Gasteiger partial charge on any atom is 0.0175 e. The lowest BCUT2D eigenvalue weighted by Gasteiger charge is -2.17. The lowest BCUT2D eigenvalue weighted by molar-refractivity contribution is 0.326. The fraction of sp³-hybridized carbons (Fsp3) is 0.571. The van der Waals surface area contributed by atoms with Crippen LogP contribution in [0.2, 0.25) is 0 Å². The van der Waals surface area contributed by atoms with Crippen molar-refractivity contribution < 1.29 is 0 Å². The van der Waals surface area contributed by atoms with Crippen LogP contribution < -0.4 is 5.73 Å². The summed E-state index contributed by atoms with van der Waals surface area (Å²) in [5.41, 5.74) is 7.13. The zero-order valence-electron chi connectivity index (χ0n) is 10.8. The van der Waals surface area contributed by atoms with Crippen LogP contribution in [0.25, 0.3) is 0 Å². The van der Waals surface area contributed by atoms with Crippen LogP contribution in [0.4, 0.5) is 0 Å². The van der Waals surface area contributed by atoms with E-state index >= 15 is 0 Å². The van der Waals surface area contributed by atoms with E-state index < -0.39 is 0 Å². The normalized spacial score (nSPS) is 13.0. The van der Waals surface area contributed by atoms with Crippen molar-refractivity contribution in [3.05, 3.63) is 34.3 Å². The van der Waals surface area contributed by atoms with Gasteiger partial charge in [0.1, 0.15) is 0 Å². The zero-order chi connectivity index (χ0) is 12.7. The van der Waals surface area contributed by atoms with E-state index in [4.69, 9.17) is 5.73 Å². The minimum Gasteiger partial charge on any atom is -0.328 e. The molecule has 0 radical (unpaired) electrons. The van der Waals surface area contributed by atoms with Gasteiger partial charge in [0.05, 0.1) is 0 Å². The molecule has 0 aliphatic rings. The van der Waals surface area contributed by atoms with Crippen LogP contribution >= 0.6 is 15.9 Å². The summed E-state index contributed by atoms with van der Waals surface area (Å²) in [5.74, 6) is 0.